The maximum absolute atomic E-state index is 12.9. The number of benzene rings is 2. The van der Waals surface area contributed by atoms with Crippen molar-refractivity contribution in [2.45, 2.75) is 52.3 Å². The van der Waals surface area contributed by atoms with Gasteiger partial charge in [0.2, 0.25) is 0 Å². The lowest BCUT2D eigenvalue weighted by Crippen LogP contribution is -2.43. The van der Waals surface area contributed by atoms with E-state index < -0.39 is 11.1 Å². The molecule has 0 bridgehead atoms. The molecule has 0 atom stereocenters. The average Bonchev–Trinajstić information content (AvgIpc) is 3.45. The SMILES string of the molecule is CC(C)(C)OC(=O)N1Cc2ccc(-c3nccc(Nc4ccc(-c5cn[nH]c5)cc4)n3)cc2C1(C)C. The largest absolute Gasteiger partial charge is 0.444 e. The number of aromatic amines is 1. The lowest BCUT2D eigenvalue weighted by atomic mass is 9.92. The van der Waals surface area contributed by atoms with Gasteiger partial charge in [-0.1, -0.05) is 24.3 Å². The molecule has 0 saturated heterocycles. The summed E-state index contributed by atoms with van der Waals surface area (Å²) in [5.41, 5.74) is 5.05. The van der Waals surface area contributed by atoms with Crippen molar-refractivity contribution in [1.82, 2.24) is 25.1 Å². The molecule has 8 nitrogen and oxygen atoms in total. The second-order valence-electron chi connectivity index (χ2n) is 10.5. The highest BCUT2D eigenvalue weighted by atomic mass is 16.6. The van der Waals surface area contributed by atoms with Gasteiger partial charge >= 0.3 is 6.09 Å². The van der Waals surface area contributed by atoms with E-state index in [-0.39, 0.29) is 6.09 Å². The number of carbonyl (C=O) groups excluding carboxylic acids is 1. The third-order valence-electron chi connectivity index (χ3n) is 6.29. The summed E-state index contributed by atoms with van der Waals surface area (Å²) in [7, 11) is 0. The molecule has 0 aliphatic carbocycles. The Morgan fingerprint density at radius 1 is 1.06 bits per heavy atom. The monoisotopic (exact) mass is 482 g/mol. The number of hydrogen-bond acceptors (Lipinski definition) is 6. The molecule has 0 unspecified atom stereocenters. The fourth-order valence-corrected chi connectivity index (χ4v) is 4.42. The van der Waals surface area contributed by atoms with E-state index in [1.165, 1.54) is 0 Å². The van der Waals surface area contributed by atoms with Crippen molar-refractivity contribution in [1.29, 1.82) is 0 Å². The molecule has 2 aromatic heterocycles. The molecule has 184 valence electrons. The van der Waals surface area contributed by atoms with Crippen LogP contribution in [0.5, 0.6) is 0 Å². The zero-order chi connectivity index (χ0) is 25.5. The minimum absolute atomic E-state index is 0.313. The quantitative estimate of drug-likeness (QED) is 0.356. The van der Waals surface area contributed by atoms with Gasteiger partial charge in [0.1, 0.15) is 11.4 Å². The molecule has 1 aliphatic heterocycles. The maximum Gasteiger partial charge on any atom is 0.411 e. The third kappa shape index (κ3) is 4.66. The van der Waals surface area contributed by atoms with Crippen LogP contribution in [0.1, 0.15) is 45.7 Å². The van der Waals surface area contributed by atoms with E-state index in [0.717, 1.165) is 33.5 Å². The summed E-state index contributed by atoms with van der Waals surface area (Å²) in [4.78, 5) is 23.9. The van der Waals surface area contributed by atoms with E-state index in [9.17, 15) is 4.79 Å². The van der Waals surface area contributed by atoms with E-state index in [0.29, 0.717) is 18.2 Å². The van der Waals surface area contributed by atoms with Crippen LogP contribution in [0.4, 0.5) is 16.3 Å². The van der Waals surface area contributed by atoms with Crippen molar-refractivity contribution in [3.8, 4) is 22.5 Å². The standard InChI is InChI=1S/C28H30N6O2/c1-27(2,3)36-26(35)34-17-20-7-6-19(14-23(20)28(34,4)5)25-29-13-12-24(33-25)32-22-10-8-18(9-11-22)21-15-30-31-16-21/h6-16H,17H2,1-5H3,(H,30,31)(H,29,32,33). The molecule has 0 spiro atoms. The van der Waals surface area contributed by atoms with E-state index in [2.05, 4.69) is 32.6 Å². The molecule has 2 N–H and O–H groups in total. The van der Waals surface area contributed by atoms with Crippen molar-refractivity contribution in [3.05, 3.63) is 78.2 Å². The molecule has 5 rings (SSSR count). The van der Waals surface area contributed by atoms with Crippen molar-refractivity contribution >= 4 is 17.6 Å². The number of ether oxygens (including phenoxy) is 1. The van der Waals surface area contributed by atoms with Gasteiger partial charge in [-0.05, 0) is 75.6 Å². The summed E-state index contributed by atoms with van der Waals surface area (Å²) in [6.07, 6.45) is 5.09. The van der Waals surface area contributed by atoms with Gasteiger partial charge in [-0.15, -0.1) is 0 Å². The first kappa shape index (κ1) is 23.5. The predicted octanol–water partition coefficient (Wildman–Crippen LogP) is 6.26. The number of aromatic nitrogens is 4. The van der Waals surface area contributed by atoms with Gasteiger partial charge < -0.3 is 10.1 Å². The first-order chi connectivity index (χ1) is 17.1. The lowest BCUT2D eigenvalue weighted by molar-refractivity contribution is 0.00519. The topological polar surface area (TPSA) is 96.0 Å². The number of amides is 1. The number of nitrogens with one attached hydrogen (secondary N) is 2. The van der Waals surface area contributed by atoms with Crippen LogP contribution in [0.15, 0.2) is 67.1 Å². The second kappa shape index (κ2) is 8.78. The van der Waals surface area contributed by atoms with Crippen LogP contribution in [0.2, 0.25) is 0 Å². The summed E-state index contributed by atoms with van der Waals surface area (Å²) in [6.45, 7) is 10.2. The molecule has 1 amide bonds. The summed E-state index contributed by atoms with van der Waals surface area (Å²) in [6, 6.07) is 16.1. The molecule has 0 radical (unpaired) electrons. The number of hydrogen-bond donors (Lipinski definition) is 2. The summed E-state index contributed by atoms with van der Waals surface area (Å²) in [5.74, 6) is 1.32. The van der Waals surface area contributed by atoms with Gasteiger partial charge in [0.05, 0.1) is 18.3 Å². The Bertz CT molecular complexity index is 1390. The third-order valence-corrected chi connectivity index (χ3v) is 6.29. The molecule has 8 heteroatoms. The van der Waals surface area contributed by atoms with Crippen molar-refractivity contribution in [2.75, 3.05) is 5.32 Å². The van der Waals surface area contributed by atoms with Gasteiger partial charge in [-0.25, -0.2) is 14.8 Å². The summed E-state index contributed by atoms with van der Waals surface area (Å²) < 4.78 is 5.65. The molecule has 1 aliphatic rings. The number of fused-ring (bicyclic) bond motifs is 1. The maximum atomic E-state index is 12.9. The Kier molecular flexibility index (Phi) is 5.74. The molecule has 0 fully saturated rings. The van der Waals surface area contributed by atoms with Crippen LogP contribution in [-0.4, -0.2) is 36.8 Å². The van der Waals surface area contributed by atoms with E-state index in [1.54, 1.807) is 17.3 Å². The van der Waals surface area contributed by atoms with Crippen LogP contribution in [-0.2, 0) is 16.8 Å². The van der Waals surface area contributed by atoms with Crippen LogP contribution < -0.4 is 5.32 Å². The average molecular weight is 483 g/mol. The van der Waals surface area contributed by atoms with Crippen LogP contribution >= 0.6 is 0 Å². The summed E-state index contributed by atoms with van der Waals surface area (Å²) >= 11 is 0. The minimum atomic E-state index is -0.548. The Labute approximate surface area is 210 Å². The van der Waals surface area contributed by atoms with Gasteiger partial charge in [0.15, 0.2) is 5.82 Å². The molecule has 2 aromatic carbocycles. The van der Waals surface area contributed by atoms with Gasteiger partial charge in [-0.3, -0.25) is 10.00 Å². The normalized spacial score (nSPS) is 14.4. The lowest BCUT2D eigenvalue weighted by Gasteiger charge is -2.34. The molecule has 4 aromatic rings. The highest BCUT2D eigenvalue weighted by molar-refractivity contribution is 5.72. The Balaban J connectivity index is 1.36. The van der Waals surface area contributed by atoms with Gasteiger partial charge in [-0.2, -0.15) is 5.10 Å². The molecule has 3 heterocycles. The van der Waals surface area contributed by atoms with Gasteiger partial charge in [0, 0.05) is 29.2 Å². The Morgan fingerprint density at radius 3 is 2.50 bits per heavy atom. The smallest absolute Gasteiger partial charge is 0.411 e. The molecule has 0 saturated carbocycles. The first-order valence-corrected chi connectivity index (χ1v) is 11.9. The zero-order valence-corrected chi connectivity index (χ0v) is 21.2. The van der Waals surface area contributed by atoms with Crippen LogP contribution in [0, 0.1) is 0 Å². The van der Waals surface area contributed by atoms with Gasteiger partial charge in [0.25, 0.3) is 0 Å². The first-order valence-electron chi connectivity index (χ1n) is 11.9. The van der Waals surface area contributed by atoms with E-state index in [4.69, 9.17) is 9.72 Å². The summed E-state index contributed by atoms with van der Waals surface area (Å²) in [5, 5.41) is 10.2. The number of H-pyrrole nitrogens is 1. The zero-order valence-electron chi connectivity index (χ0n) is 21.2. The number of carbonyl (C=O) groups is 1. The van der Waals surface area contributed by atoms with E-state index >= 15 is 0 Å². The van der Waals surface area contributed by atoms with Crippen molar-refractivity contribution < 1.29 is 9.53 Å². The highest BCUT2D eigenvalue weighted by Gasteiger charge is 2.42. The molecule has 36 heavy (non-hydrogen) atoms. The van der Waals surface area contributed by atoms with Crippen molar-refractivity contribution in [3.63, 3.8) is 0 Å². The minimum Gasteiger partial charge on any atom is -0.444 e. The van der Waals surface area contributed by atoms with Crippen molar-refractivity contribution in [2.24, 2.45) is 0 Å². The number of nitrogens with zero attached hydrogens (tertiary/aromatic N) is 4. The number of anilines is 2. The Hall–Kier alpha value is -4.20. The Morgan fingerprint density at radius 2 is 1.81 bits per heavy atom. The van der Waals surface area contributed by atoms with Crippen LogP contribution in [0.3, 0.4) is 0 Å². The molecular weight excluding hydrogens is 452 g/mol. The predicted molar refractivity (Wildman–Crippen MR) is 140 cm³/mol. The van der Waals surface area contributed by atoms with Crippen LogP contribution in [0.25, 0.3) is 22.5 Å². The highest BCUT2D eigenvalue weighted by Crippen LogP contribution is 2.41. The fraction of sp³-hybridized carbons (Fsp3) is 0.286. The second-order valence-corrected chi connectivity index (χ2v) is 10.5. The van der Waals surface area contributed by atoms with E-state index in [1.807, 2.05) is 77.2 Å². The fourth-order valence-electron chi connectivity index (χ4n) is 4.42. The molecular formula is C28H30N6O2. The number of rotatable bonds is 4.